The summed E-state index contributed by atoms with van der Waals surface area (Å²) >= 11 is 0. The molecule has 21 heavy (non-hydrogen) atoms. The van der Waals surface area contributed by atoms with Gasteiger partial charge in [-0.2, -0.15) is 0 Å². The Morgan fingerprint density at radius 1 is 1.14 bits per heavy atom. The summed E-state index contributed by atoms with van der Waals surface area (Å²) in [6, 6.07) is 10.7. The molecule has 2 rings (SSSR count). The smallest absolute Gasteiger partial charge is 0.132 e. The van der Waals surface area contributed by atoms with Crippen molar-refractivity contribution in [3.63, 3.8) is 0 Å². The van der Waals surface area contributed by atoms with Crippen LogP contribution in [0.15, 0.2) is 36.4 Å². The third-order valence-electron chi connectivity index (χ3n) is 3.72. The van der Waals surface area contributed by atoms with Crippen molar-refractivity contribution < 1.29 is 9.13 Å². The molecule has 0 amide bonds. The van der Waals surface area contributed by atoms with Gasteiger partial charge < -0.3 is 10.1 Å². The van der Waals surface area contributed by atoms with E-state index in [0.29, 0.717) is 5.75 Å². The molecule has 0 saturated carbocycles. The lowest BCUT2D eigenvalue weighted by molar-refractivity contribution is 0.456. The topological polar surface area (TPSA) is 21.3 Å². The van der Waals surface area contributed by atoms with E-state index in [9.17, 15) is 4.39 Å². The van der Waals surface area contributed by atoms with Crippen LogP contribution in [-0.4, -0.2) is 6.54 Å². The van der Waals surface area contributed by atoms with Gasteiger partial charge in [0.25, 0.3) is 0 Å². The fourth-order valence-electron chi connectivity index (χ4n) is 2.32. The van der Waals surface area contributed by atoms with Crippen molar-refractivity contribution in [2.75, 3.05) is 6.54 Å². The maximum Gasteiger partial charge on any atom is 0.132 e. The molecule has 0 bridgehead atoms. The van der Waals surface area contributed by atoms with E-state index in [1.165, 1.54) is 17.7 Å². The van der Waals surface area contributed by atoms with Crippen molar-refractivity contribution in [2.45, 2.75) is 33.7 Å². The molecule has 0 heterocycles. The van der Waals surface area contributed by atoms with E-state index in [1.807, 2.05) is 32.9 Å². The molecule has 2 nitrogen and oxygen atoms in total. The summed E-state index contributed by atoms with van der Waals surface area (Å²) in [5.41, 5.74) is 3.11. The molecule has 0 fully saturated rings. The molecule has 1 N–H and O–H groups in total. The van der Waals surface area contributed by atoms with Gasteiger partial charge in [0.05, 0.1) is 0 Å². The van der Waals surface area contributed by atoms with Crippen LogP contribution in [0.5, 0.6) is 11.5 Å². The molecule has 0 spiro atoms. The first-order valence-electron chi connectivity index (χ1n) is 7.29. The van der Waals surface area contributed by atoms with Gasteiger partial charge in [-0.25, -0.2) is 4.39 Å². The van der Waals surface area contributed by atoms with Crippen LogP contribution >= 0.6 is 0 Å². The van der Waals surface area contributed by atoms with Gasteiger partial charge in [-0.1, -0.05) is 19.1 Å². The largest absolute Gasteiger partial charge is 0.457 e. The third-order valence-corrected chi connectivity index (χ3v) is 3.72. The molecule has 1 atom stereocenters. The van der Waals surface area contributed by atoms with Crippen molar-refractivity contribution in [1.29, 1.82) is 0 Å². The van der Waals surface area contributed by atoms with Gasteiger partial charge in [0.15, 0.2) is 0 Å². The van der Waals surface area contributed by atoms with Crippen LogP contribution in [0.3, 0.4) is 0 Å². The molecule has 2 aromatic carbocycles. The maximum absolute atomic E-state index is 13.5. The van der Waals surface area contributed by atoms with Crippen LogP contribution in [0.4, 0.5) is 4.39 Å². The standard InChI is InChI=1S/C18H22FNO/c1-5-20-14(4)16-11-15(19)9-10-18(16)21-17-8-6-7-12(2)13(17)3/h6-11,14,20H,5H2,1-4H3. The molecule has 3 heteroatoms. The van der Waals surface area contributed by atoms with Crippen LogP contribution in [0.25, 0.3) is 0 Å². The van der Waals surface area contributed by atoms with Crippen molar-refractivity contribution in [1.82, 2.24) is 5.32 Å². The molecule has 0 saturated heterocycles. The Morgan fingerprint density at radius 2 is 1.90 bits per heavy atom. The first-order chi connectivity index (χ1) is 10.0. The fraction of sp³-hybridized carbons (Fsp3) is 0.333. The molecular weight excluding hydrogens is 265 g/mol. The second-order valence-corrected chi connectivity index (χ2v) is 5.26. The number of hydrogen-bond acceptors (Lipinski definition) is 2. The average Bonchev–Trinajstić information content (AvgIpc) is 2.46. The monoisotopic (exact) mass is 287 g/mol. The minimum Gasteiger partial charge on any atom is -0.457 e. The molecular formula is C18H22FNO. The quantitative estimate of drug-likeness (QED) is 0.844. The van der Waals surface area contributed by atoms with E-state index < -0.39 is 0 Å². The van der Waals surface area contributed by atoms with Gasteiger partial charge >= 0.3 is 0 Å². The van der Waals surface area contributed by atoms with Crippen LogP contribution < -0.4 is 10.1 Å². The Kier molecular flexibility index (Phi) is 4.97. The maximum atomic E-state index is 13.5. The number of nitrogens with one attached hydrogen (secondary N) is 1. The first kappa shape index (κ1) is 15.5. The molecule has 0 radical (unpaired) electrons. The highest BCUT2D eigenvalue weighted by Crippen LogP contribution is 2.32. The van der Waals surface area contributed by atoms with E-state index in [4.69, 9.17) is 4.74 Å². The average molecular weight is 287 g/mol. The van der Waals surface area contributed by atoms with Crippen molar-refractivity contribution in [3.05, 3.63) is 58.9 Å². The van der Waals surface area contributed by atoms with Crippen LogP contribution in [0, 0.1) is 19.7 Å². The summed E-state index contributed by atoms with van der Waals surface area (Å²) in [5.74, 6) is 1.26. The summed E-state index contributed by atoms with van der Waals surface area (Å²) in [4.78, 5) is 0. The highest BCUT2D eigenvalue weighted by Gasteiger charge is 2.14. The Hall–Kier alpha value is -1.87. The highest BCUT2D eigenvalue weighted by molar-refractivity contribution is 5.44. The number of aryl methyl sites for hydroxylation is 1. The van der Waals surface area contributed by atoms with Gasteiger partial charge in [0.1, 0.15) is 17.3 Å². The molecule has 112 valence electrons. The Labute approximate surface area is 126 Å². The summed E-state index contributed by atoms with van der Waals surface area (Å²) in [6.07, 6.45) is 0. The van der Waals surface area contributed by atoms with Gasteiger partial charge in [0, 0.05) is 11.6 Å². The van der Waals surface area contributed by atoms with Crippen LogP contribution in [0.2, 0.25) is 0 Å². The summed E-state index contributed by atoms with van der Waals surface area (Å²) in [6.45, 7) is 8.94. The van der Waals surface area contributed by atoms with Gasteiger partial charge in [-0.05, 0) is 62.7 Å². The van der Waals surface area contributed by atoms with E-state index >= 15 is 0 Å². The lowest BCUT2D eigenvalue weighted by Crippen LogP contribution is -2.18. The minimum absolute atomic E-state index is 0.0332. The minimum atomic E-state index is -0.247. The first-order valence-corrected chi connectivity index (χ1v) is 7.29. The zero-order chi connectivity index (χ0) is 15.4. The molecule has 0 aliphatic heterocycles. The summed E-state index contributed by atoms with van der Waals surface area (Å²) < 4.78 is 19.6. The SMILES string of the molecule is CCNC(C)c1cc(F)ccc1Oc1cccc(C)c1C. The van der Waals surface area contributed by atoms with Crippen molar-refractivity contribution in [3.8, 4) is 11.5 Å². The van der Waals surface area contributed by atoms with E-state index in [-0.39, 0.29) is 11.9 Å². The normalized spacial score (nSPS) is 12.2. The second-order valence-electron chi connectivity index (χ2n) is 5.26. The van der Waals surface area contributed by atoms with Crippen LogP contribution in [0.1, 0.15) is 36.6 Å². The molecule has 2 aromatic rings. The Morgan fingerprint density at radius 3 is 2.62 bits per heavy atom. The number of rotatable bonds is 5. The van der Waals surface area contributed by atoms with Gasteiger partial charge in [-0.3, -0.25) is 0 Å². The molecule has 0 aliphatic rings. The predicted octanol–water partition coefficient (Wildman–Crippen LogP) is 4.91. The lowest BCUT2D eigenvalue weighted by atomic mass is 10.1. The lowest BCUT2D eigenvalue weighted by Gasteiger charge is -2.19. The summed E-state index contributed by atoms with van der Waals surface area (Å²) in [5, 5.41) is 3.29. The zero-order valence-corrected chi connectivity index (χ0v) is 13.0. The molecule has 0 aliphatic carbocycles. The van der Waals surface area contributed by atoms with E-state index in [2.05, 4.69) is 18.3 Å². The fourth-order valence-corrected chi connectivity index (χ4v) is 2.32. The number of ether oxygens (including phenoxy) is 1. The molecule has 1 unspecified atom stereocenters. The number of halogens is 1. The predicted molar refractivity (Wildman–Crippen MR) is 84.5 cm³/mol. The zero-order valence-electron chi connectivity index (χ0n) is 13.0. The van der Waals surface area contributed by atoms with E-state index in [0.717, 1.165) is 23.4 Å². The Bertz CT molecular complexity index is 625. The third kappa shape index (κ3) is 3.61. The van der Waals surface area contributed by atoms with Crippen molar-refractivity contribution in [2.24, 2.45) is 0 Å². The van der Waals surface area contributed by atoms with Crippen molar-refractivity contribution >= 4 is 0 Å². The van der Waals surface area contributed by atoms with Crippen LogP contribution in [-0.2, 0) is 0 Å². The van der Waals surface area contributed by atoms with Gasteiger partial charge in [-0.15, -0.1) is 0 Å². The highest BCUT2D eigenvalue weighted by atomic mass is 19.1. The Balaban J connectivity index is 2.37. The number of benzene rings is 2. The summed E-state index contributed by atoms with van der Waals surface area (Å²) in [7, 11) is 0. The molecule has 0 aromatic heterocycles. The van der Waals surface area contributed by atoms with E-state index in [1.54, 1.807) is 6.07 Å². The van der Waals surface area contributed by atoms with Gasteiger partial charge in [0.2, 0.25) is 0 Å². The number of hydrogen-bond donors (Lipinski definition) is 1. The second kappa shape index (κ2) is 6.72.